The van der Waals surface area contributed by atoms with Gasteiger partial charge < -0.3 is 14.8 Å². The molecule has 4 heteroatoms. The zero-order valence-corrected chi connectivity index (χ0v) is 9.79. The molecular formula is C11H21NO3. The maximum Gasteiger partial charge on any atom is 0.331 e. The van der Waals surface area contributed by atoms with Gasteiger partial charge in [0.05, 0.1) is 13.2 Å². The van der Waals surface area contributed by atoms with Crippen molar-refractivity contribution in [2.45, 2.75) is 32.8 Å². The van der Waals surface area contributed by atoms with Crippen molar-refractivity contribution in [3.63, 3.8) is 0 Å². The number of methoxy groups -OCH3 is 1. The molecule has 88 valence electrons. The fourth-order valence-electron chi connectivity index (χ4n) is 0.927. The van der Waals surface area contributed by atoms with E-state index >= 15 is 0 Å². The molecular weight excluding hydrogens is 194 g/mol. The summed E-state index contributed by atoms with van der Waals surface area (Å²) in [4.78, 5) is 10.7. The van der Waals surface area contributed by atoms with Crippen LogP contribution in [0.3, 0.4) is 0 Å². The molecule has 0 bridgehead atoms. The second kappa shape index (κ2) is 9.52. The molecule has 0 aliphatic carbocycles. The smallest absolute Gasteiger partial charge is 0.331 e. The molecule has 1 N–H and O–H groups in total. The van der Waals surface area contributed by atoms with Gasteiger partial charge in [0.2, 0.25) is 0 Å². The third-order valence-corrected chi connectivity index (χ3v) is 1.71. The van der Waals surface area contributed by atoms with Crippen LogP contribution in [0.25, 0.3) is 0 Å². The molecule has 0 unspecified atom stereocenters. The third-order valence-electron chi connectivity index (χ3n) is 1.71. The van der Waals surface area contributed by atoms with E-state index in [-0.39, 0.29) is 5.97 Å². The first kappa shape index (κ1) is 14.0. The zero-order chi connectivity index (χ0) is 11.5. The predicted octanol–water partition coefficient (Wildman–Crippen LogP) is 1.47. The van der Waals surface area contributed by atoms with E-state index in [9.17, 15) is 4.79 Å². The molecule has 0 amide bonds. The zero-order valence-electron chi connectivity index (χ0n) is 9.79. The number of hydrogen-bond donors (Lipinski definition) is 1. The topological polar surface area (TPSA) is 47.6 Å². The number of unbranched alkanes of at least 4 members (excludes halogenated alkanes) is 1. The van der Waals surface area contributed by atoms with Crippen molar-refractivity contribution in [3.05, 3.63) is 12.3 Å². The minimum Gasteiger partial charge on any atom is -0.466 e. The van der Waals surface area contributed by atoms with E-state index in [0.29, 0.717) is 6.10 Å². The van der Waals surface area contributed by atoms with Gasteiger partial charge in [-0.05, 0) is 26.7 Å². The van der Waals surface area contributed by atoms with E-state index in [2.05, 4.69) is 10.1 Å². The van der Waals surface area contributed by atoms with Gasteiger partial charge in [-0.15, -0.1) is 0 Å². The highest BCUT2D eigenvalue weighted by atomic mass is 16.5. The Morgan fingerprint density at radius 1 is 1.40 bits per heavy atom. The van der Waals surface area contributed by atoms with Crippen LogP contribution in [0.5, 0.6) is 0 Å². The van der Waals surface area contributed by atoms with Crippen LogP contribution >= 0.6 is 0 Å². The molecule has 0 heterocycles. The van der Waals surface area contributed by atoms with E-state index in [0.717, 1.165) is 26.0 Å². The van der Waals surface area contributed by atoms with Crippen LogP contribution < -0.4 is 5.32 Å². The van der Waals surface area contributed by atoms with Crippen LogP contribution in [-0.2, 0) is 14.3 Å². The molecule has 0 radical (unpaired) electrons. The van der Waals surface area contributed by atoms with E-state index < -0.39 is 0 Å². The van der Waals surface area contributed by atoms with Crippen molar-refractivity contribution in [1.29, 1.82) is 0 Å². The molecule has 0 aliphatic heterocycles. The van der Waals surface area contributed by atoms with Crippen molar-refractivity contribution < 1.29 is 14.3 Å². The van der Waals surface area contributed by atoms with Crippen LogP contribution in [0.15, 0.2) is 12.3 Å². The van der Waals surface area contributed by atoms with Crippen LogP contribution in [0.1, 0.15) is 26.7 Å². The minimum absolute atomic E-state index is 0.303. The maximum atomic E-state index is 10.7. The molecule has 4 nitrogen and oxygen atoms in total. The van der Waals surface area contributed by atoms with Crippen molar-refractivity contribution in [3.8, 4) is 0 Å². The molecule has 0 saturated heterocycles. The second-order valence-corrected chi connectivity index (χ2v) is 3.44. The van der Waals surface area contributed by atoms with Gasteiger partial charge in [0.25, 0.3) is 0 Å². The number of esters is 1. The maximum absolute atomic E-state index is 10.7. The first-order chi connectivity index (χ1) is 7.16. The van der Waals surface area contributed by atoms with Gasteiger partial charge in [0.15, 0.2) is 0 Å². The lowest BCUT2D eigenvalue weighted by Gasteiger charge is -2.06. The van der Waals surface area contributed by atoms with Crippen molar-refractivity contribution in [2.24, 2.45) is 0 Å². The predicted molar refractivity (Wildman–Crippen MR) is 59.5 cm³/mol. The Labute approximate surface area is 91.6 Å². The number of carbonyl (C=O) groups is 1. The Morgan fingerprint density at radius 2 is 2.13 bits per heavy atom. The summed E-state index contributed by atoms with van der Waals surface area (Å²) in [5.74, 6) is -0.342. The summed E-state index contributed by atoms with van der Waals surface area (Å²) in [6.45, 7) is 5.68. The minimum atomic E-state index is -0.342. The standard InChI is InChI=1S/C11H21NO3/c1-10(2)15-9-5-4-7-12-8-6-11(13)14-3/h6,8,10,12H,4-5,7,9H2,1-3H3/b8-6+. The molecule has 0 fully saturated rings. The van der Waals surface area contributed by atoms with Gasteiger partial charge >= 0.3 is 5.97 Å². The van der Waals surface area contributed by atoms with Crippen LogP contribution in [0, 0.1) is 0 Å². The quantitative estimate of drug-likeness (QED) is 0.378. The molecule has 0 aromatic rings. The van der Waals surface area contributed by atoms with Gasteiger partial charge in [-0.25, -0.2) is 4.79 Å². The van der Waals surface area contributed by atoms with Crippen LogP contribution in [0.4, 0.5) is 0 Å². The summed E-state index contributed by atoms with van der Waals surface area (Å²) in [5.41, 5.74) is 0. The van der Waals surface area contributed by atoms with E-state index in [1.54, 1.807) is 6.20 Å². The van der Waals surface area contributed by atoms with Crippen molar-refractivity contribution in [1.82, 2.24) is 5.32 Å². The molecule has 0 atom stereocenters. The van der Waals surface area contributed by atoms with Crippen LogP contribution in [0.2, 0.25) is 0 Å². The normalized spacial score (nSPS) is 10.9. The van der Waals surface area contributed by atoms with Crippen molar-refractivity contribution in [2.75, 3.05) is 20.3 Å². The first-order valence-electron chi connectivity index (χ1n) is 5.26. The van der Waals surface area contributed by atoms with Gasteiger partial charge in [-0.2, -0.15) is 0 Å². The monoisotopic (exact) mass is 215 g/mol. The SMILES string of the molecule is COC(=O)/C=C/NCCCCOC(C)C. The Bertz CT molecular complexity index is 190. The summed E-state index contributed by atoms with van der Waals surface area (Å²) in [7, 11) is 1.36. The largest absolute Gasteiger partial charge is 0.466 e. The fourth-order valence-corrected chi connectivity index (χ4v) is 0.927. The lowest BCUT2D eigenvalue weighted by molar-refractivity contribution is -0.134. The van der Waals surface area contributed by atoms with E-state index in [1.165, 1.54) is 13.2 Å². The number of carbonyl (C=O) groups excluding carboxylic acids is 1. The third kappa shape index (κ3) is 10.9. The molecule has 0 aromatic carbocycles. The molecule has 0 spiro atoms. The number of nitrogens with one attached hydrogen (secondary N) is 1. The molecule has 0 saturated carbocycles. The lowest BCUT2D eigenvalue weighted by Crippen LogP contribution is -2.10. The highest BCUT2D eigenvalue weighted by molar-refractivity contribution is 5.81. The summed E-state index contributed by atoms with van der Waals surface area (Å²) in [6, 6.07) is 0. The summed E-state index contributed by atoms with van der Waals surface area (Å²) in [5, 5.41) is 3.00. The van der Waals surface area contributed by atoms with Crippen molar-refractivity contribution >= 4 is 5.97 Å². The number of ether oxygens (including phenoxy) is 2. The Kier molecular flexibility index (Phi) is 8.87. The Hall–Kier alpha value is -1.03. The average Bonchev–Trinajstić information content (AvgIpc) is 2.21. The van der Waals surface area contributed by atoms with Gasteiger partial charge in [0, 0.05) is 25.4 Å². The fraction of sp³-hybridized carbons (Fsp3) is 0.727. The molecule has 0 aromatic heterocycles. The number of rotatable bonds is 8. The highest BCUT2D eigenvalue weighted by Gasteiger charge is 1.92. The summed E-state index contributed by atoms with van der Waals surface area (Å²) in [6.07, 6.45) is 5.33. The second-order valence-electron chi connectivity index (χ2n) is 3.44. The average molecular weight is 215 g/mol. The molecule has 0 aliphatic rings. The van der Waals surface area contributed by atoms with E-state index in [1.807, 2.05) is 13.8 Å². The Balaban J connectivity index is 3.18. The van der Waals surface area contributed by atoms with Gasteiger partial charge in [-0.3, -0.25) is 0 Å². The van der Waals surface area contributed by atoms with Crippen LogP contribution in [-0.4, -0.2) is 32.3 Å². The molecule has 0 rings (SSSR count). The molecule has 15 heavy (non-hydrogen) atoms. The highest BCUT2D eigenvalue weighted by Crippen LogP contribution is 1.93. The summed E-state index contributed by atoms with van der Waals surface area (Å²) >= 11 is 0. The van der Waals surface area contributed by atoms with Gasteiger partial charge in [-0.1, -0.05) is 0 Å². The van der Waals surface area contributed by atoms with Gasteiger partial charge in [0.1, 0.15) is 0 Å². The number of hydrogen-bond acceptors (Lipinski definition) is 4. The lowest BCUT2D eigenvalue weighted by atomic mass is 10.3. The Morgan fingerprint density at radius 3 is 2.73 bits per heavy atom. The summed E-state index contributed by atoms with van der Waals surface area (Å²) < 4.78 is 9.82. The van der Waals surface area contributed by atoms with E-state index in [4.69, 9.17) is 4.74 Å². The first-order valence-corrected chi connectivity index (χ1v) is 5.26.